The average Bonchev–Trinajstić information content (AvgIpc) is 2.91. The first-order valence-corrected chi connectivity index (χ1v) is 6.81. The zero-order valence-electron chi connectivity index (χ0n) is 12.0. The normalized spacial score (nSPS) is 10.8. The standard InChI is InChI=1S/C17H16FNO2/c1-3-21-12-7-8-16(14(18)11-12)19-10-9-13-15(19)5-4-6-17(13)20-2/h4-11H,3H2,1-2H3. The maximum Gasteiger partial charge on any atom is 0.150 e. The van der Waals surface area contributed by atoms with Gasteiger partial charge in [-0.15, -0.1) is 0 Å². The minimum absolute atomic E-state index is 0.318. The van der Waals surface area contributed by atoms with Gasteiger partial charge in [0.1, 0.15) is 11.5 Å². The zero-order chi connectivity index (χ0) is 14.8. The van der Waals surface area contributed by atoms with Crippen LogP contribution in [0.5, 0.6) is 11.5 Å². The van der Waals surface area contributed by atoms with Gasteiger partial charge in [0.2, 0.25) is 0 Å². The van der Waals surface area contributed by atoms with Crippen molar-refractivity contribution in [2.75, 3.05) is 13.7 Å². The monoisotopic (exact) mass is 285 g/mol. The Morgan fingerprint density at radius 2 is 2.00 bits per heavy atom. The molecule has 0 spiro atoms. The Hall–Kier alpha value is -2.49. The van der Waals surface area contributed by atoms with Crippen molar-refractivity contribution in [3.05, 3.63) is 54.5 Å². The fourth-order valence-corrected chi connectivity index (χ4v) is 2.47. The number of aromatic nitrogens is 1. The van der Waals surface area contributed by atoms with Gasteiger partial charge in [0.15, 0.2) is 5.82 Å². The van der Waals surface area contributed by atoms with Crippen molar-refractivity contribution in [1.29, 1.82) is 0 Å². The quantitative estimate of drug-likeness (QED) is 0.718. The molecule has 0 radical (unpaired) electrons. The number of nitrogens with zero attached hydrogens (tertiary/aromatic N) is 1. The van der Waals surface area contributed by atoms with Crippen LogP contribution in [-0.4, -0.2) is 18.3 Å². The van der Waals surface area contributed by atoms with Gasteiger partial charge in [-0.25, -0.2) is 4.39 Å². The highest BCUT2D eigenvalue weighted by Gasteiger charge is 2.11. The molecule has 108 valence electrons. The van der Waals surface area contributed by atoms with E-state index in [-0.39, 0.29) is 5.82 Å². The van der Waals surface area contributed by atoms with Crippen LogP contribution in [0, 0.1) is 5.82 Å². The predicted molar refractivity (Wildman–Crippen MR) is 81.0 cm³/mol. The van der Waals surface area contributed by atoms with Crippen LogP contribution in [0.25, 0.3) is 16.6 Å². The highest BCUT2D eigenvalue weighted by molar-refractivity contribution is 5.87. The molecular weight excluding hydrogens is 269 g/mol. The van der Waals surface area contributed by atoms with Gasteiger partial charge < -0.3 is 14.0 Å². The second-order valence-electron chi connectivity index (χ2n) is 4.63. The molecule has 3 nitrogen and oxygen atoms in total. The predicted octanol–water partition coefficient (Wildman–Crippen LogP) is 4.18. The van der Waals surface area contributed by atoms with Crippen LogP contribution >= 0.6 is 0 Å². The Morgan fingerprint density at radius 3 is 2.71 bits per heavy atom. The Morgan fingerprint density at radius 1 is 1.14 bits per heavy atom. The maximum atomic E-state index is 14.3. The molecule has 0 amide bonds. The minimum atomic E-state index is -0.318. The van der Waals surface area contributed by atoms with E-state index in [1.54, 1.807) is 19.2 Å². The summed E-state index contributed by atoms with van der Waals surface area (Å²) in [6, 6.07) is 12.5. The van der Waals surface area contributed by atoms with Gasteiger partial charge in [-0.3, -0.25) is 0 Å². The van der Waals surface area contributed by atoms with Crippen molar-refractivity contribution < 1.29 is 13.9 Å². The van der Waals surface area contributed by atoms with Gasteiger partial charge in [-0.2, -0.15) is 0 Å². The Bertz CT molecular complexity index is 780. The molecule has 1 aromatic heterocycles. The molecule has 0 aliphatic heterocycles. The van der Waals surface area contributed by atoms with Gasteiger partial charge in [-0.1, -0.05) is 6.07 Å². The topological polar surface area (TPSA) is 23.4 Å². The summed E-state index contributed by atoms with van der Waals surface area (Å²) < 4.78 is 26.8. The lowest BCUT2D eigenvalue weighted by atomic mass is 10.2. The van der Waals surface area contributed by atoms with Gasteiger partial charge >= 0.3 is 0 Å². The van der Waals surface area contributed by atoms with Crippen LogP contribution in [-0.2, 0) is 0 Å². The highest BCUT2D eigenvalue weighted by Crippen LogP contribution is 2.30. The Balaban J connectivity index is 2.13. The van der Waals surface area contributed by atoms with Crippen molar-refractivity contribution in [2.24, 2.45) is 0 Å². The van der Waals surface area contributed by atoms with Crippen LogP contribution in [0.4, 0.5) is 4.39 Å². The SMILES string of the molecule is CCOc1ccc(-n2ccc3c(OC)cccc32)c(F)c1. The van der Waals surface area contributed by atoms with Crippen molar-refractivity contribution in [3.63, 3.8) is 0 Å². The second-order valence-corrected chi connectivity index (χ2v) is 4.63. The molecule has 3 aromatic rings. The molecule has 0 fully saturated rings. The van der Waals surface area contributed by atoms with E-state index in [4.69, 9.17) is 9.47 Å². The molecule has 0 N–H and O–H groups in total. The average molecular weight is 285 g/mol. The van der Waals surface area contributed by atoms with Crippen LogP contribution in [0.3, 0.4) is 0 Å². The van der Waals surface area contributed by atoms with E-state index in [9.17, 15) is 4.39 Å². The molecule has 0 bridgehead atoms. The number of rotatable bonds is 4. The number of benzene rings is 2. The summed E-state index contributed by atoms with van der Waals surface area (Å²) in [7, 11) is 1.63. The van der Waals surface area contributed by atoms with E-state index < -0.39 is 0 Å². The van der Waals surface area contributed by atoms with E-state index in [0.717, 1.165) is 16.7 Å². The van der Waals surface area contributed by atoms with E-state index in [1.807, 2.05) is 42.0 Å². The summed E-state index contributed by atoms with van der Waals surface area (Å²) in [6.45, 7) is 2.39. The van der Waals surface area contributed by atoms with E-state index in [2.05, 4.69) is 0 Å². The number of methoxy groups -OCH3 is 1. The van der Waals surface area contributed by atoms with Crippen molar-refractivity contribution in [3.8, 4) is 17.2 Å². The van der Waals surface area contributed by atoms with E-state index in [1.165, 1.54) is 6.07 Å². The first-order valence-electron chi connectivity index (χ1n) is 6.81. The van der Waals surface area contributed by atoms with Crippen LogP contribution < -0.4 is 9.47 Å². The second kappa shape index (κ2) is 5.48. The van der Waals surface area contributed by atoms with E-state index in [0.29, 0.717) is 18.0 Å². The molecule has 0 aliphatic rings. The van der Waals surface area contributed by atoms with Gasteiger partial charge in [0, 0.05) is 17.6 Å². The summed E-state index contributed by atoms with van der Waals surface area (Å²) >= 11 is 0. The Kier molecular flexibility index (Phi) is 3.52. The lowest BCUT2D eigenvalue weighted by Crippen LogP contribution is -1.98. The summed E-state index contributed by atoms with van der Waals surface area (Å²) in [5.74, 6) is 0.992. The van der Waals surface area contributed by atoms with Gasteiger partial charge in [0.25, 0.3) is 0 Å². The molecule has 2 aromatic carbocycles. The highest BCUT2D eigenvalue weighted by atomic mass is 19.1. The molecule has 1 heterocycles. The van der Waals surface area contributed by atoms with Crippen LogP contribution in [0.1, 0.15) is 6.92 Å². The number of fused-ring (bicyclic) bond motifs is 1. The molecule has 0 aliphatic carbocycles. The van der Waals surface area contributed by atoms with Crippen molar-refractivity contribution in [1.82, 2.24) is 4.57 Å². The molecule has 0 saturated heterocycles. The smallest absolute Gasteiger partial charge is 0.150 e. The Labute approximate surface area is 122 Å². The van der Waals surface area contributed by atoms with Gasteiger partial charge in [0.05, 0.1) is 24.9 Å². The molecular formula is C17H16FNO2. The summed E-state index contributed by atoms with van der Waals surface area (Å²) in [4.78, 5) is 0. The third-order valence-electron chi connectivity index (χ3n) is 3.40. The first-order chi connectivity index (χ1) is 10.2. The fourth-order valence-electron chi connectivity index (χ4n) is 2.47. The molecule has 21 heavy (non-hydrogen) atoms. The number of hydrogen-bond donors (Lipinski definition) is 0. The summed E-state index contributed by atoms with van der Waals surface area (Å²) in [6.07, 6.45) is 1.84. The lowest BCUT2D eigenvalue weighted by molar-refractivity contribution is 0.338. The van der Waals surface area contributed by atoms with Crippen molar-refractivity contribution in [2.45, 2.75) is 6.92 Å². The van der Waals surface area contributed by atoms with Crippen molar-refractivity contribution >= 4 is 10.9 Å². The van der Waals surface area contributed by atoms with E-state index >= 15 is 0 Å². The maximum absolute atomic E-state index is 14.3. The fraction of sp³-hybridized carbons (Fsp3) is 0.176. The largest absolute Gasteiger partial charge is 0.496 e. The minimum Gasteiger partial charge on any atom is -0.496 e. The summed E-state index contributed by atoms with van der Waals surface area (Å²) in [5.41, 5.74) is 1.39. The lowest BCUT2D eigenvalue weighted by Gasteiger charge is -2.10. The zero-order valence-corrected chi connectivity index (χ0v) is 12.0. The molecule has 3 rings (SSSR count). The van der Waals surface area contributed by atoms with Gasteiger partial charge in [-0.05, 0) is 37.3 Å². The molecule has 0 unspecified atom stereocenters. The number of halogens is 1. The molecule has 4 heteroatoms. The molecule has 0 saturated carbocycles. The van der Waals surface area contributed by atoms with Crippen LogP contribution in [0.15, 0.2) is 48.7 Å². The number of ether oxygens (including phenoxy) is 2. The number of hydrogen-bond acceptors (Lipinski definition) is 2. The summed E-state index contributed by atoms with van der Waals surface area (Å²) in [5, 5.41) is 0.952. The third kappa shape index (κ3) is 2.33. The third-order valence-corrected chi connectivity index (χ3v) is 3.40. The van der Waals surface area contributed by atoms with Crippen LogP contribution in [0.2, 0.25) is 0 Å². The molecule has 0 atom stereocenters. The first kappa shape index (κ1) is 13.5.